The van der Waals surface area contributed by atoms with Gasteiger partial charge >= 0.3 is 0 Å². The molecule has 1 saturated heterocycles. The van der Waals surface area contributed by atoms with Crippen LogP contribution in [0.5, 0.6) is 0 Å². The van der Waals surface area contributed by atoms with E-state index in [0.717, 1.165) is 45.2 Å². The Kier molecular flexibility index (Phi) is 4.32. The van der Waals surface area contributed by atoms with Crippen LogP contribution in [0.1, 0.15) is 39.0 Å². The fraction of sp³-hybridized carbons (Fsp3) is 0.706. The SMILES string of the molecule is CC1CCN(C(=O)C2CCC(CN3C(=O)C=CC3=O)CC2)C1. The molecule has 2 aliphatic heterocycles. The Bertz CT molecular complexity index is 488. The van der Waals surface area contributed by atoms with Crippen molar-refractivity contribution < 1.29 is 14.4 Å². The molecule has 3 aliphatic rings. The molecule has 1 saturated carbocycles. The van der Waals surface area contributed by atoms with Gasteiger partial charge in [-0.05, 0) is 43.9 Å². The summed E-state index contributed by atoms with van der Waals surface area (Å²) in [6, 6.07) is 0. The molecule has 1 atom stereocenters. The number of hydrogen-bond donors (Lipinski definition) is 0. The maximum atomic E-state index is 12.5. The fourth-order valence-electron chi connectivity index (χ4n) is 3.85. The predicted octanol–water partition coefficient (Wildman–Crippen LogP) is 1.59. The van der Waals surface area contributed by atoms with E-state index in [2.05, 4.69) is 6.92 Å². The Morgan fingerprint density at radius 2 is 1.73 bits per heavy atom. The van der Waals surface area contributed by atoms with Crippen molar-refractivity contribution in [2.45, 2.75) is 39.0 Å². The van der Waals surface area contributed by atoms with E-state index >= 15 is 0 Å². The van der Waals surface area contributed by atoms with Gasteiger partial charge in [0.1, 0.15) is 0 Å². The summed E-state index contributed by atoms with van der Waals surface area (Å²) < 4.78 is 0. The maximum absolute atomic E-state index is 12.5. The summed E-state index contributed by atoms with van der Waals surface area (Å²) in [4.78, 5) is 39.0. The zero-order chi connectivity index (χ0) is 15.7. The normalized spacial score (nSPS) is 32.1. The highest BCUT2D eigenvalue weighted by Crippen LogP contribution is 2.32. The molecule has 1 unspecified atom stereocenters. The molecule has 0 radical (unpaired) electrons. The van der Waals surface area contributed by atoms with E-state index in [4.69, 9.17) is 0 Å². The zero-order valence-electron chi connectivity index (χ0n) is 13.2. The minimum absolute atomic E-state index is 0.143. The van der Waals surface area contributed by atoms with Crippen molar-refractivity contribution in [3.05, 3.63) is 12.2 Å². The molecule has 3 rings (SSSR count). The van der Waals surface area contributed by atoms with E-state index in [1.165, 1.54) is 17.1 Å². The Labute approximate surface area is 131 Å². The third kappa shape index (κ3) is 3.08. The lowest BCUT2D eigenvalue weighted by Gasteiger charge is -2.32. The molecule has 0 aromatic heterocycles. The van der Waals surface area contributed by atoms with Gasteiger partial charge < -0.3 is 4.90 Å². The molecule has 2 heterocycles. The van der Waals surface area contributed by atoms with Gasteiger partial charge in [0.05, 0.1) is 0 Å². The molecule has 3 amide bonds. The molecule has 1 aliphatic carbocycles. The van der Waals surface area contributed by atoms with Crippen LogP contribution in [0.4, 0.5) is 0 Å². The minimum Gasteiger partial charge on any atom is -0.342 e. The summed E-state index contributed by atoms with van der Waals surface area (Å²) in [5.74, 6) is 1.03. The molecule has 120 valence electrons. The first-order valence-electron chi connectivity index (χ1n) is 8.37. The van der Waals surface area contributed by atoms with E-state index in [1.54, 1.807) is 0 Å². The molecular formula is C17H24N2O3. The van der Waals surface area contributed by atoms with Crippen LogP contribution in [0.25, 0.3) is 0 Å². The molecule has 5 heteroatoms. The van der Waals surface area contributed by atoms with Crippen LogP contribution < -0.4 is 0 Å². The van der Waals surface area contributed by atoms with Crippen molar-refractivity contribution in [3.8, 4) is 0 Å². The maximum Gasteiger partial charge on any atom is 0.253 e. The average Bonchev–Trinajstić information content (AvgIpc) is 3.08. The Hall–Kier alpha value is -1.65. The van der Waals surface area contributed by atoms with Crippen LogP contribution in [0, 0.1) is 17.8 Å². The monoisotopic (exact) mass is 304 g/mol. The van der Waals surface area contributed by atoms with Gasteiger partial charge in [0.25, 0.3) is 11.8 Å². The number of nitrogens with zero attached hydrogens (tertiary/aromatic N) is 2. The van der Waals surface area contributed by atoms with E-state index in [1.807, 2.05) is 4.90 Å². The Balaban J connectivity index is 1.47. The largest absolute Gasteiger partial charge is 0.342 e. The highest BCUT2D eigenvalue weighted by molar-refractivity contribution is 6.12. The van der Waals surface area contributed by atoms with Gasteiger partial charge in [-0.1, -0.05) is 6.92 Å². The first-order chi connectivity index (χ1) is 10.5. The van der Waals surface area contributed by atoms with Crippen molar-refractivity contribution in [3.63, 3.8) is 0 Å². The fourth-order valence-corrected chi connectivity index (χ4v) is 3.85. The summed E-state index contributed by atoms with van der Waals surface area (Å²) in [6.45, 7) is 4.51. The molecule has 2 fully saturated rings. The van der Waals surface area contributed by atoms with Gasteiger partial charge in [-0.2, -0.15) is 0 Å². The van der Waals surface area contributed by atoms with Gasteiger partial charge in [0.2, 0.25) is 5.91 Å². The molecule has 22 heavy (non-hydrogen) atoms. The second-order valence-electron chi connectivity index (χ2n) is 7.02. The van der Waals surface area contributed by atoms with Crippen molar-refractivity contribution >= 4 is 17.7 Å². The van der Waals surface area contributed by atoms with Crippen LogP contribution in [-0.2, 0) is 14.4 Å². The smallest absolute Gasteiger partial charge is 0.253 e. The van der Waals surface area contributed by atoms with Crippen LogP contribution in [0.15, 0.2) is 12.2 Å². The van der Waals surface area contributed by atoms with Gasteiger partial charge in [0.15, 0.2) is 0 Å². The third-order valence-corrected chi connectivity index (χ3v) is 5.27. The van der Waals surface area contributed by atoms with E-state index in [-0.39, 0.29) is 17.7 Å². The Morgan fingerprint density at radius 1 is 1.09 bits per heavy atom. The molecule has 0 aromatic rings. The molecule has 0 spiro atoms. The number of hydrogen-bond acceptors (Lipinski definition) is 3. The zero-order valence-corrected chi connectivity index (χ0v) is 13.2. The first-order valence-corrected chi connectivity index (χ1v) is 8.37. The quantitative estimate of drug-likeness (QED) is 0.744. The molecular weight excluding hydrogens is 280 g/mol. The first kappa shape index (κ1) is 15.3. The molecule has 0 bridgehead atoms. The molecule has 0 N–H and O–H groups in total. The standard InChI is InChI=1S/C17H24N2O3/c1-12-8-9-18(10-12)17(22)14-4-2-13(3-5-14)11-19-15(20)6-7-16(19)21/h6-7,12-14H,2-5,8-11H2,1H3. The highest BCUT2D eigenvalue weighted by Gasteiger charge is 2.34. The van der Waals surface area contributed by atoms with E-state index in [9.17, 15) is 14.4 Å². The molecule has 0 aromatic carbocycles. The van der Waals surface area contributed by atoms with Gasteiger partial charge in [-0.25, -0.2) is 0 Å². The summed E-state index contributed by atoms with van der Waals surface area (Å²) in [6.07, 6.45) is 7.43. The van der Waals surface area contributed by atoms with Crippen molar-refractivity contribution in [1.82, 2.24) is 9.80 Å². The van der Waals surface area contributed by atoms with Crippen molar-refractivity contribution in [2.75, 3.05) is 19.6 Å². The highest BCUT2D eigenvalue weighted by atomic mass is 16.2. The number of imide groups is 1. The number of amides is 3. The van der Waals surface area contributed by atoms with Crippen LogP contribution in [0.3, 0.4) is 0 Å². The molecule has 5 nitrogen and oxygen atoms in total. The van der Waals surface area contributed by atoms with E-state index in [0.29, 0.717) is 24.3 Å². The summed E-state index contributed by atoms with van der Waals surface area (Å²) in [5.41, 5.74) is 0. The number of carbonyl (C=O) groups excluding carboxylic acids is 3. The second kappa shape index (κ2) is 6.23. The van der Waals surface area contributed by atoms with E-state index < -0.39 is 0 Å². The van der Waals surface area contributed by atoms with Gasteiger partial charge in [-0.3, -0.25) is 19.3 Å². The summed E-state index contributed by atoms with van der Waals surface area (Å²) >= 11 is 0. The van der Waals surface area contributed by atoms with Crippen LogP contribution in [0.2, 0.25) is 0 Å². The minimum atomic E-state index is -0.200. The lowest BCUT2D eigenvalue weighted by atomic mass is 9.81. The second-order valence-corrected chi connectivity index (χ2v) is 7.02. The number of carbonyl (C=O) groups is 3. The lowest BCUT2D eigenvalue weighted by Crippen LogP contribution is -2.39. The topological polar surface area (TPSA) is 57.7 Å². The summed E-state index contributed by atoms with van der Waals surface area (Å²) in [5, 5.41) is 0. The number of likely N-dealkylation sites (tertiary alicyclic amines) is 1. The summed E-state index contributed by atoms with van der Waals surface area (Å²) in [7, 11) is 0. The van der Waals surface area contributed by atoms with Crippen LogP contribution >= 0.6 is 0 Å². The number of rotatable bonds is 3. The van der Waals surface area contributed by atoms with Gasteiger partial charge in [-0.15, -0.1) is 0 Å². The van der Waals surface area contributed by atoms with Crippen molar-refractivity contribution in [2.24, 2.45) is 17.8 Å². The average molecular weight is 304 g/mol. The van der Waals surface area contributed by atoms with Crippen LogP contribution in [-0.4, -0.2) is 47.2 Å². The van der Waals surface area contributed by atoms with Gasteiger partial charge in [0, 0.05) is 37.7 Å². The lowest BCUT2D eigenvalue weighted by molar-refractivity contribution is -0.139. The Morgan fingerprint density at radius 3 is 2.27 bits per heavy atom. The third-order valence-electron chi connectivity index (χ3n) is 5.27. The predicted molar refractivity (Wildman–Crippen MR) is 81.7 cm³/mol. The van der Waals surface area contributed by atoms with Crippen molar-refractivity contribution in [1.29, 1.82) is 0 Å².